The Morgan fingerprint density at radius 1 is 1.12 bits per heavy atom. The number of amides is 1. The number of rotatable bonds is 2. The van der Waals surface area contributed by atoms with Crippen LogP contribution in [0.15, 0.2) is 4.52 Å². The lowest BCUT2D eigenvalue weighted by Crippen LogP contribution is -2.47. The van der Waals surface area contributed by atoms with Crippen molar-refractivity contribution >= 4 is 11.9 Å². The minimum absolute atomic E-state index is 0.128. The smallest absolute Gasteiger partial charge is 0.328 e. The fraction of sp³-hybridized carbons (Fsp3) is 0.737. The average molecular weight is 346 g/mol. The fourth-order valence-electron chi connectivity index (χ4n) is 4.95. The zero-order chi connectivity index (χ0) is 17.4. The molecule has 3 aliphatic rings. The van der Waals surface area contributed by atoms with Gasteiger partial charge in [0.25, 0.3) is 5.91 Å². The molecule has 1 saturated heterocycles. The highest BCUT2D eigenvalue weighted by molar-refractivity contribution is 5.97. The van der Waals surface area contributed by atoms with Gasteiger partial charge >= 0.3 is 5.97 Å². The van der Waals surface area contributed by atoms with Crippen molar-refractivity contribution in [1.82, 2.24) is 10.1 Å². The molecule has 25 heavy (non-hydrogen) atoms. The molecule has 0 N–H and O–H groups in total. The molecule has 1 aliphatic heterocycles. The van der Waals surface area contributed by atoms with E-state index in [1.165, 1.54) is 13.5 Å². The monoisotopic (exact) mass is 346 g/mol. The molecule has 3 atom stereocenters. The Bertz CT molecular complexity index is 668. The van der Waals surface area contributed by atoms with Crippen LogP contribution in [0.25, 0.3) is 0 Å². The van der Waals surface area contributed by atoms with Crippen LogP contribution in [0.5, 0.6) is 0 Å². The normalized spacial score (nSPS) is 28.8. The second-order valence-electron chi connectivity index (χ2n) is 7.59. The van der Waals surface area contributed by atoms with Crippen molar-refractivity contribution in [2.45, 2.75) is 76.3 Å². The van der Waals surface area contributed by atoms with Gasteiger partial charge in [0, 0.05) is 18.0 Å². The number of ether oxygens (including phenoxy) is 1. The Balaban J connectivity index is 1.67. The van der Waals surface area contributed by atoms with Gasteiger partial charge in [-0.15, -0.1) is 0 Å². The first-order chi connectivity index (χ1) is 12.2. The molecule has 2 fully saturated rings. The van der Waals surface area contributed by atoms with E-state index in [1.54, 1.807) is 4.90 Å². The van der Waals surface area contributed by atoms with E-state index >= 15 is 0 Å². The van der Waals surface area contributed by atoms with Crippen LogP contribution < -0.4 is 0 Å². The van der Waals surface area contributed by atoms with Gasteiger partial charge in [0.2, 0.25) is 0 Å². The number of carbonyl (C=O) groups excluding carboxylic acids is 2. The molecule has 1 amide bonds. The van der Waals surface area contributed by atoms with Crippen molar-refractivity contribution < 1.29 is 18.8 Å². The van der Waals surface area contributed by atoms with Gasteiger partial charge < -0.3 is 14.2 Å². The highest BCUT2D eigenvalue weighted by Crippen LogP contribution is 2.41. The third kappa shape index (κ3) is 2.85. The molecule has 6 nitrogen and oxygen atoms in total. The zero-order valence-electron chi connectivity index (χ0n) is 14.8. The summed E-state index contributed by atoms with van der Waals surface area (Å²) in [6.07, 6.45) is 10.0. The third-order valence-corrected chi connectivity index (χ3v) is 6.20. The first-order valence-corrected chi connectivity index (χ1v) is 9.58. The number of esters is 1. The van der Waals surface area contributed by atoms with Gasteiger partial charge in [0.1, 0.15) is 11.8 Å². The van der Waals surface area contributed by atoms with Gasteiger partial charge in [-0.25, -0.2) is 4.79 Å². The Kier molecular flexibility index (Phi) is 4.52. The second-order valence-corrected chi connectivity index (χ2v) is 7.59. The summed E-state index contributed by atoms with van der Waals surface area (Å²) in [5, 5.41) is 4.12. The molecule has 0 spiro atoms. The van der Waals surface area contributed by atoms with E-state index in [0.717, 1.165) is 62.7 Å². The third-order valence-electron chi connectivity index (χ3n) is 6.20. The van der Waals surface area contributed by atoms with Gasteiger partial charge in [0.05, 0.1) is 7.11 Å². The Morgan fingerprint density at radius 2 is 1.92 bits per heavy atom. The number of hydrogen-bond acceptors (Lipinski definition) is 5. The maximum Gasteiger partial charge on any atom is 0.328 e. The summed E-state index contributed by atoms with van der Waals surface area (Å²) in [6.45, 7) is 0. The van der Waals surface area contributed by atoms with Crippen molar-refractivity contribution in [3.05, 3.63) is 17.0 Å². The van der Waals surface area contributed by atoms with Crippen LogP contribution >= 0.6 is 0 Å². The SMILES string of the molecule is COC(=O)C1CC2CCCCC2N1C(=O)c1noc2c1CCCCC2. The number of methoxy groups -OCH3 is 1. The minimum Gasteiger partial charge on any atom is -0.467 e. The van der Waals surface area contributed by atoms with E-state index in [9.17, 15) is 9.59 Å². The van der Waals surface area contributed by atoms with Gasteiger partial charge in [0.15, 0.2) is 5.69 Å². The number of nitrogens with zero attached hydrogens (tertiary/aromatic N) is 2. The van der Waals surface area contributed by atoms with Crippen LogP contribution in [-0.4, -0.2) is 41.1 Å². The standard InChI is InChI=1S/C19H26N2O4/c1-24-19(23)15-11-12-7-5-6-9-14(12)21(15)18(22)17-13-8-3-2-4-10-16(13)25-20-17/h12,14-15H,2-11H2,1H3. The fourth-order valence-corrected chi connectivity index (χ4v) is 4.95. The predicted octanol–water partition coefficient (Wildman–Crippen LogP) is 2.89. The zero-order valence-corrected chi connectivity index (χ0v) is 14.8. The Labute approximate surface area is 147 Å². The van der Waals surface area contributed by atoms with Gasteiger partial charge in [-0.2, -0.15) is 0 Å². The molecular weight excluding hydrogens is 320 g/mol. The number of carbonyl (C=O) groups is 2. The number of aromatic nitrogens is 1. The molecule has 0 bridgehead atoms. The van der Waals surface area contributed by atoms with E-state index in [0.29, 0.717) is 18.0 Å². The number of likely N-dealkylation sites (tertiary alicyclic amines) is 1. The summed E-state index contributed by atoms with van der Waals surface area (Å²) in [5.41, 5.74) is 1.39. The molecule has 136 valence electrons. The largest absolute Gasteiger partial charge is 0.467 e. The van der Waals surface area contributed by atoms with Gasteiger partial charge in [-0.05, 0) is 44.4 Å². The molecule has 2 aliphatic carbocycles. The van der Waals surface area contributed by atoms with Crippen LogP contribution in [0.4, 0.5) is 0 Å². The molecule has 6 heteroatoms. The number of hydrogen-bond donors (Lipinski definition) is 0. The van der Waals surface area contributed by atoms with E-state index < -0.39 is 6.04 Å². The Morgan fingerprint density at radius 3 is 2.76 bits per heavy atom. The second kappa shape index (κ2) is 6.81. The molecule has 3 unspecified atom stereocenters. The van der Waals surface area contributed by atoms with Crippen LogP contribution in [0, 0.1) is 5.92 Å². The van der Waals surface area contributed by atoms with E-state index in [4.69, 9.17) is 9.26 Å². The van der Waals surface area contributed by atoms with Crippen molar-refractivity contribution in [2.24, 2.45) is 5.92 Å². The minimum atomic E-state index is -0.483. The topological polar surface area (TPSA) is 72.6 Å². The van der Waals surface area contributed by atoms with Gasteiger partial charge in [-0.1, -0.05) is 24.4 Å². The molecule has 0 aromatic carbocycles. The summed E-state index contributed by atoms with van der Waals surface area (Å²) in [6, 6.07) is -0.354. The lowest BCUT2D eigenvalue weighted by molar-refractivity contribution is -0.145. The highest BCUT2D eigenvalue weighted by atomic mass is 16.5. The van der Waals surface area contributed by atoms with Crippen molar-refractivity contribution in [2.75, 3.05) is 7.11 Å². The average Bonchev–Trinajstić information content (AvgIpc) is 3.14. The van der Waals surface area contributed by atoms with E-state index in [1.807, 2.05) is 0 Å². The van der Waals surface area contributed by atoms with Crippen molar-refractivity contribution in [1.29, 1.82) is 0 Å². The lowest BCUT2D eigenvalue weighted by atomic mass is 9.84. The first kappa shape index (κ1) is 16.6. The quantitative estimate of drug-likeness (QED) is 0.608. The maximum atomic E-state index is 13.4. The van der Waals surface area contributed by atoms with Crippen LogP contribution in [0.1, 0.15) is 73.2 Å². The van der Waals surface area contributed by atoms with Crippen molar-refractivity contribution in [3.63, 3.8) is 0 Å². The van der Waals surface area contributed by atoms with E-state index in [2.05, 4.69) is 5.16 Å². The van der Waals surface area contributed by atoms with Crippen LogP contribution in [0.2, 0.25) is 0 Å². The lowest BCUT2D eigenvalue weighted by Gasteiger charge is -2.32. The molecule has 4 rings (SSSR count). The van der Waals surface area contributed by atoms with E-state index in [-0.39, 0.29) is 17.9 Å². The first-order valence-electron chi connectivity index (χ1n) is 9.58. The van der Waals surface area contributed by atoms with Crippen molar-refractivity contribution in [3.8, 4) is 0 Å². The summed E-state index contributed by atoms with van der Waals surface area (Å²) in [7, 11) is 1.40. The summed E-state index contributed by atoms with van der Waals surface area (Å²) >= 11 is 0. The molecule has 1 aromatic rings. The Hall–Kier alpha value is -1.85. The molecule has 1 aromatic heterocycles. The number of fused-ring (bicyclic) bond motifs is 2. The molecule has 0 radical (unpaired) electrons. The number of aryl methyl sites for hydroxylation is 1. The maximum absolute atomic E-state index is 13.4. The predicted molar refractivity (Wildman–Crippen MR) is 90.1 cm³/mol. The molecule has 1 saturated carbocycles. The summed E-state index contributed by atoms with van der Waals surface area (Å²) in [5.74, 6) is 0.802. The van der Waals surface area contributed by atoms with Crippen LogP contribution in [0.3, 0.4) is 0 Å². The summed E-state index contributed by atoms with van der Waals surface area (Å²) < 4.78 is 10.5. The molecular formula is C19H26N2O4. The summed E-state index contributed by atoms with van der Waals surface area (Å²) in [4.78, 5) is 27.5. The molecule has 2 heterocycles. The van der Waals surface area contributed by atoms with Gasteiger partial charge in [-0.3, -0.25) is 4.79 Å². The highest BCUT2D eigenvalue weighted by Gasteiger charge is 2.49. The van der Waals surface area contributed by atoms with Crippen LogP contribution in [-0.2, 0) is 22.4 Å².